The van der Waals surface area contributed by atoms with Crippen LogP contribution in [-0.4, -0.2) is 22.3 Å². The summed E-state index contributed by atoms with van der Waals surface area (Å²) < 4.78 is 0. The number of carbonyl (C=O) groups is 1. The average molecular weight is 146 g/mol. The zero-order chi connectivity index (χ0) is 7.98. The summed E-state index contributed by atoms with van der Waals surface area (Å²) in [5, 5.41) is 17.0. The van der Waals surface area contributed by atoms with Gasteiger partial charge in [-0.15, -0.1) is 0 Å². The van der Waals surface area contributed by atoms with E-state index in [2.05, 4.69) is 0 Å². The molecule has 0 aliphatic heterocycles. The lowest BCUT2D eigenvalue weighted by Gasteiger charge is -2.00. The molecule has 0 radical (unpaired) electrons. The van der Waals surface area contributed by atoms with Crippen molar-refractivity contribution in [3.8, 4) is 0 Å². The molecule has 0 saturated carbocycles. The minimum absolute atomic E-state index is 0.215. The molecule has 0 aromatic heterocycles. The lowest BCUT2D eigenvalue weighted by Crippen LogP contribution is -2.00. The Morgan fingerprint density at radius 3 is 2.50 bits per heavy atom. The number of hydrogen-bond acceptors (Lipinski definition) is 2. The molecule has 0 heterocycles. The molecule has 1 unspecified atom stereocenters. The standard InChI is InChI=1S/C7H14O3/c1-6(8)4-2-3-5-7(9)10/h6,8H,2-5H2,1H3,(H,9,10). The first kappa shape index (κ1) is 9.43. The van der Waals surface area contributed by atoms with Crippen LogP contribution >= 0.6 is 0 Å². The van der Waals surface area contributed by atoms with Gasteiger partial charge in [0.2, 0.25) is 0 Å². The van der Waals surface area contributed by atoms with Crippen molar-refractivity contribution in [2.75, 3.05) is 0 Å². The van der Waals surface area contributed by atoms with Crippen molar-refractivity contribution in [1.29, 1.82) is 0 Å². The van der Waals surface area contributed by atoms with E-state index >= 15 is 0 Å². The first-order chi connectivity index (χ1) is 4.63. The maximum Gasteiger partial charge on any atom is 0.303 e. The summed E-state index contributed by atoms with van der Waals surface area (Å²) in [6.07, 6.45) is 2.08. The van der Waals surface area contributed by atoms with E-state index in [1.54, 1.807) is 6.92 Å². The smallest absolute Gasteiger partial charge is 0.303 e. The number of unbranched alkanes of at least 4 members (excludes halogenated alkanes) is 1. The van der Waals surface area contributed by atoms with Crippen LogP contribution in [-0.2, 0) is 4.79 Å². The van der Waals surface area contributed by atoms with E-state index in [1.807, 2.05) is 0 Å². The van der Waals surface area contributed by atoms with Crippen molar-refractivity contribution in [3.05, 3.63) is 0 Å². The maximum atomic E-state index is 9.98. The fourth-order valence-corrected chi connectivity index (χ4v) is 0.716. The minimum atomic E-state index is -0.759. The third-order valence-corrected chi connectivity index (χ3v) is 1.26. The second kappa shape index (κ2) is 5.23. The van der Waals surface area contributed by atoms with Gasteiger partial charge in [0.05, 0.1) is 6.10 Å². The van der Waals surface area contributed by atoms with Gasteiger partial charge in [0.25, 0.3) is 0 Å². The van der Waals surface area contributed by atoms with Crippen LogP contribution in [0.25, 0.3) is 0 Å². The van der Waals surface area contributed by atoms with Crippen molar-refractivity contribution in [2.45, 2.75) is 38.7 Å². The Hall–Kier alpha value is -0.570. The Kier molecular flexibility index (Phi) is 4.94. The van der Waals surface area contributed by atoms with Crippen LogP contribution in [0.4, 0.5) is 0 Å². The van der Waals surface area contributed by atoms with Crippen LogP contribution in [0, 0.1) is 0 Å². The van der Waals surface area contributed by atoms with Gasteiger partial charge in [-0.1, -0.05) is 6.42 Å². The van der Waals surface area contributed by atoms with Gasteiger partial charge in [-0.05, 0) is 19.8 Å². The molecule has 1 atom stereocenters. The molecular formula is C7H14O3. The number of aliphatic hydroxyl groups excluding tert-OH is 1. The normalized spacial score (nSPS) is 13.0. The highest BCUT2D eigenvalue weighted by atomic mass is 16.4. The van der Waals surface area contributed by atoms with Gasteiger partial charge in [-0.2, -0.15) is 0 Å². The van der Waals surface area contributed by atoms with Gasteiger partial charge in [0, 0.05) is 6.42 Å². The summed E-state index contributed by atoms with van der Waals surface area (Å²) in [7, 11) is 0. The summed E-state index contributed by atoms with van der Waals surface area (Å²) >= 11 is 0. The number of carboxylic acid groups (broad SMARTS) is 1. The Morgan fingerprint density at radius 2 is 2.10 bits per heavy atom. The van der Waals surface area contributed by atoms with Gasteiger partial charge in [-0.3, -0.25) is 4.79 Å². The number of aliphatic hydroxyl groups is 1. The SMILES string of the molecule is CC(O)CCCCC(=O)O. The first-order valence-corrected chi connectivity index (χ1v) is 3.53. The van der Waals surface area contributed by atoms with Crippen molar-refractivity contribution in [3.63, 3.8) is 0 Å². The molecule has 0 aromatic carbocycles. The first-order valence-electron chi connectivity index (χ1n) is 3.53. The highest BCUT2D eigenvalue weighted by molar-refractivity contribution is 5.66. The molecule has 3 nitrogen and oxygen atoms in total. The number of aliphatic carboxylic acids is 1. The molecule has 0 aliphatic carbocycles. The van der Waals surface area contributed by atoms with E-state index in [4.69, 9.17) is 10.2 Å². The largest absolute Gasteiger partial charge is 0.481 e. The molecule has 0 saturated heterocycles. The second-order valence-corrected chi connectivity index (χ2v) is 2.49. The molecule has 0 rings (SSSR count). The van der Waals surface area contributed by atoms with E-state index in [9.17, 15) is 4.79 Å². The topological polar surface area (TPSA) is 57.5 Å². The van der Waals surface area contributed by atoms with E-state index in [-0.39, 0.29) is 12.5 Å². The molecule has 0 fully saturated rings. The van der Waals surface area contributed by atoms with Crippen molar-refractivity contribution < 1.29 is 15.0 Å². The molecule has 0 aromatic rings. The van der Waals surface area contributed by atoms with Crippen LogP contribution < -0.4 is 0 Å². The van der Waals surface area contributed by atoms with Gasteiger partial charge in [0.15, 0.2) is 0 Å². The van der Waals surface area contributed by atoms with Gasteiger partial charge in [0.1, 0.15) is 0 Å². The van der Waals surface area contributed by atoms with Crippen molar-refractivity contribution in [1.82, 2.24) is 0 Å². The molecule has 10 heavy (non-hydrogen) atoms. The summed E-state index contributed by atoms with van der Waals surface area (Å²) in [5.41, 5.74) is 0. The monoisotopic (exact) mass is 146 g/mol. The molecule has 60 valence electrons. The highest BCUT2D eigenvalue weighted by Gasteiger charge is 1.98. The molecule has 3 heteroatoms. The van der Waals surface area contributed by atoms with Crippen LogP contribution in [0.1, 0.15) is 32.6 Å². The fraction of sp³-hybridized carbons (Fsp3) is 0.857. The maximum absolute atomic E-state index is 9.98. The molecule has 2 N–H and O–H groups in total. The van der Waals surface area contributed by atoms with E-state index in [1.165, 1.54) is 0 Å². The van der Waals surface area contributed by atoms with Crippen molar-refractivity contribution >= 4 is 5.97 Å². The molecule has 0 amide bonds. The van der Waals surface area contributed by atoms with Gasteiger partial charge in [-0.25, -0.2) is 0 Å². The lowest BCUT2D eigenvalue weighted by molar-refractivity contribution is -0.137. The van der Waals surface area contributed by atoms with Crippen LogP contribution in [0.2, 0.25) is 0 Å². The highest BCUT2D eigenvalue weighted by Crippen LogP contribution is 2.02. The summed E-state index contributed by atoms with van der Waals surface area (Å²) in [5.74, 6) is -0.759. The third kappa shape index (κ3) is 7.43. The number of carboxylic acids is 1. The third-order valence-electron chi connectivity index (χ3n) is 1.26. The molecule has 0 aliphatic rings. The van der Waals surface area contributed by atoms with Gasteiger partial charge >= 0.3 is 5.97 Å². The fourth-order valence-electron chi connectivity index (χ4n) is 0.716. The zero-order valence-corrected chi connectivity index (χ0v) is 6.21. The predicted molar refractivity (Wildman–Crippen MR) is 37.8 cm³/mol. The number of rotatable bonds is 5. The predicted octanol–water partition coefficient (Wildman–Crippen LogP) is 1.01. The van der Waals surface area contributed by atoms with E-state index < -0.39 is 5.97 Å². The molecule has 0 spiro atoms. The molecular weight excluding hydrogens is 132 g/mol. The summed E-state index contributed by atoms with van der Waals surface area (Å²) in [6, 6.07) is 0. The van der Waals surface area contributed by atoms with Crippen LogP contribution in [0.15, 0.2) is 0 Å². The Balaban J connectivity index is 2.98. The van der Waals surface area contributed by atoms with Crippen molar-refractivity contribution in [2.24, 2.45) is 0 Å². The molecule has 0 bridgehead atoms. The van der Waals surface area contributed by atoms with E-state index in [0.29, 0.717) is 12.8 Å². The Morgan fingerprint density at radius 1 is 1.50 bits per heavy atom. The Bertz CT molecular complexity index is 99.0. The van der Waals surface area contributed by atoms with Crippen LogP contribution in [0.5, 0.6) is 0 Å². The Labute approximate surface area is 60.7 Å². The number of hydrogen-bond donors (Lipinski definition) is 2. The summed E-state index contributed by atoms with van der Waals surface area (Å²) in [4.78, 5) is 9.98. The minimum Gasteiger partial charge on any atom is -0.481 e. The summed E-state index contributed by atoms with van der Waals surface area (Å²) in [6.45, 7) is 1.71. The average Bonchev–Trinajstić information content (AvgIpc) is 1.79. The van der Waals surface area contributed by atoms with E-state index in [0.717, 1.165) is 6.42 Å². The zero-order valence-electron chi connectivity index (χ0n) is 6.21. The lowest BCUT2D eigenvalue weighted by atomic mass is 10.1. The van der Waals surface area contributed by atoms with Gasteiger partial charge < -0.3 is 10.2 Å². The second-order valence-electron chi connectivity index (χ2n) is 2.49. The quantitative estimate of drug-likeness (QED) is 0.569. The van der Waals surface area contributed by atoms with Crippen LogP contribution in [0.3, 0.4) is 0 Å².